The average Bonchev–Trinajstić information content (AvgIpc) is 2.75. The Bertz CT molecular complexity index is 1150. The monoisotopic (exact) mass is 396 g/mol. The van der Waals surface area contributed by atoms with Crippen molar-refractivity contribution in [3.8, 4) is 0 Å². The summed E-state index contributed by atoms with van der Waals surface area (Å²) in [4.78, 5) is 20.6. The van der Waals surface area contributed by atoms with Crippen molar-refractivity contribution in [1.29, 1.82) is 0 Å². The van der Waals surface area contributed by atoms with E-state index in [4.69, 9.17) is 5.73 Å². The molecule has 0 saturated heterocycles. The lowest BCUT2D eigenvalue weighted by molar-refractivity contribution is 0.102. The molecule has 5 N–H and O–H groups in total. The Labute approximate surface area is 174 Å². The summed E-state index contributed by atoms with van der Waals surface area (Å²) in [5.74, 6) is 0.252. The number of hydrogen-bond donors (Lipinski definition) is 4. The van der Waals surface area contributed by atoms with Gasteiger partial charge < -0.3 is 21.7 Å². The average molecular weight is 396 g/mol. The highest BCUT2D eigenvalue weighted by Crippen LogP contribution is 2.22. The van der Waals surface area contributed by atoms with Crippen molar-refractivity contribution in [3.05, 3.63) is 97.0 Å². The first-order chi connectivity index (χ1) is 14.7. The van der Waals surface area contributed by atoms with Gasteiger partial charge in [0.25, 0.3) is 5.91 Å². The summed E-state index contributed by atoms with van der Waals surface area (Å²) in [5.41, 5.74) is 10.4. The van der Waals surface area contributed by atoms with Gasteiger partial charge in [0.1, 0.15) is 5.82 Å². The molecule has 0 radical (unpaired) electrons. The van der Waals surface area contributed by atoms with Crippen LogP contribution in [0.25, 0.3) is 0 Å². The Morgan fingerprint density at radius 2 is 1.33 bits per heavy atom. The lowest BCUT2D eigenvalue weighted by atomic mass is 10.1. The maximum absolute atomic E-state index is 12.6. The lowest BCUT2D eigenvalue weighted by Gasteiger charge is -2.11. The normalized spacial score (nSPS) is 10.3. The Morgan fingerprint density at radius 1 is 0.700 bits per heavy atom. The quantitative estimate of drug-likeness (QED) is 0.373. The van der Waals surface area contributed by atoms with Crippen LogP contribution in [0.3, 0.4) is 0 Å². The van der Waals surface area contributed by atoms with Crippen LogP contribution in [0.4, 0.5) is 34.3 Å². The molecule has 2 aromatic heterocycles. The second-order valence-electron chi connectivity index (χ2n) is 6.57. The molecule has 2 heterocycles. The van der Waals surface area contributed by atoms with Gasteiger partial charge in [-0.2, -0.15) is 0 Å². The van der Waals surface area contributed by atoms with Gasteiger partial charge in [-0.25, -0.2) is 4.98 Å². The Kier molecular flexibility index (Phi) is 5.52. The molecular formula is C23H20N6O. The van der Waals surface area contributed by atoms with Gasteiger partial charge in [-0.15, -0.1) is 0 Å². The first-order valence-electron chi connectivity index (χ1n) is 9.33. The fourth-order valence-electron chi connectivity index (χ4n) is 2.88. The van der Waals surface area contributed by atoms with Crippen LogP contribution in [0.5, 0.6) is 0 Å². The van der Waals surface area contributed by atoms with E-state index in [0.29, 0.717) is 17.1 Å². The third-order valence-electron chi connectivity index (χ3n) is 4.31. The van der Waals surface area contributed by atoms with Crippen molar-refractivity contribution in [2.75, 3.05) is 21.7 Å². The molecule has 0 aliphatic carbocycles. The van der Waals surface area contributed by atoms with E-state index in [-0.39, 0.29) is 5.91 Å². The van der Waals surface area contributed by atoms with E-state index in [9.17, 15) is 4.79 Å². The maximum atomic E-state index is 12.6. The molecule has 0 fully saturated rings. The summed E-state index contributed by atoms with van der Waals surface area (Å²) >= 11 is 0. The fraction of sp³-hybridized carbons (Fsp3) is 0. The largest absolute Gasteiger partial charge is 0.384 e. The van der Waals surface area contributed by atoms with E-state index < -0.39 is 0 Å². The van der Waals surface area contributed by atoms with Crippen molar-refractivity contribution in [2.24, 2.45) is 0 Å². The summed E-state index contributed by atoms with van der Waals surface area (Å²) in [6.07, 6.45) is 5.07. The molecule has 4 rings (SSSR count). The molecule has 148 valence electrons. The zero-order chi connectivity index (χ0) is 20.8. The minimum Gasteiger partial charge on any atom is -0.384 e. The zero-order valence-electron chi connectivity index (χ0n) is 16.0. The Morgan fingerprint density at radius 3 is 2.10 bits per heavy atom. The predicted molar refractivity (Wildman–Crippen MR) is 120 cm³/mol. The Balaban J connectivity index is 1.41. The van der Waals surface area contributed by atoms with Gasteiger partial charge in [0.05, 0.1) is 0 Å². The van der Waals surface area contributed by atoms with Gasteiger partial charge in [0.2, 0.25) is 0 Å². The number of carbonyl (C=O) groups excluding carboxylic acids is 1. The number of rotatable bonds is 6. The van der Waals surface area contributed by atoms with Crippen LogP contribution >= 0.6 is 0 Å². The van der Waals surface area contributed by atoms with Crippen LogP contribution in [-0.2, 0) is 0 Å². The summed E-state index contributed by atoms with van der Waals surface area (Å²) < 4.78 is 0. The van der Waals surface area contributed by atoms with E-state index in [1.165, 1.54) is 0 Å². The van der Waals surface area contributed by atoms with Crippen LogP contribution in [0, 0.1) is 0 Å². The zero-order valence-corrected chi connectivity index (χ0v) is 16.0. The van der Waals surface area contributed by atoms with Gasteiger partial charge in [-0.05, 0) is 60.7 Å². The van der Waals surface area contributed by atoms with E-state index in [1.807, 2.05) is 54.6 Å². The van der Waals surface area contributed by atoms with E-state index >= 15 is 0 Å². The molecule has 4 aromatic rings. The highest BCUT2D eigenvalue weighted by Gasteiger charge is 2.07. The summed E-state index contributed by atoms with van der Waals surface area (Å²) in [7, 11) is 0. The van der Waals surface area contributed by atoms with Crippen molar-refractivity contribution >= 4 is 40.2 Å². The molecule has 0 unspecified atom stereocenters. The van der Waals surface area contributed by atoms with Crippen molar-refractivity contribution in [1.82, 2.24) is 9.97 Å². The molecule has 7 nitrogen and oxygen atoms in total. The second kappa shape index (κ2) is 8.74. The Hall–Kier alpha value is -4.39. The third-order valence-corrected chi connectivity index (χ3v) is 4.31. The number of amides is 1. The molecule has 2 aromatic carbocycles. The number of carbonyl (C=O) groups is 1. The number of nitrogens with one attached hydrogen (secondary N) is 3. The number of nitrogens with zero attached hydrogens (tertiary/aromatic N) is 2. The molecule has 0 aliphatic rings. The lowest BCUT2D eigenvalue weighted by Crippen LogP contribution is -2.11. The fourth-order valence-corrected chi connectivity index (χ4v) is 2.88. The van der Waals surface area contributed by atoms with Gasteiger partial charge in [-0.1, -0.05) is 6.07 Å². The van der Waals surface area contributed by atoms with Crippen LogP contribution in [0.15, 0.2) is 91.4 Å². The number of aromatic nitrogens is 2. The SMILES string of the molecule is Nc1cc(Nc2cccc(NC(=O)c3ccc(Nc4ccncc4)cc3)c2)ccn1. The van der Waals surface area contributed by atoms with Crippen LogP contribution in [-0.4, -0.2) is 15.9 Å². The number of nitrogens with two attached hydrogens (primary N) is 1. The van der Waals surface area contributed by atoms with Crippen molar-refractivity contribution in [2.45, 2.75) is 0 Å². The first kappa shape index (κ1) is 18.9. The van der Waals surface area contributed by atoms with Crippen LogP contribution in [0.1, 0.15) is 10.4 Å². The molecule has 0 spiro atoms. The molecule has 1 amide bonds. The molecule has 0 bridgehead atoms. The van der Waals surface area contributed by atoms with E-state index in [0.717, 1.165) is 22.7 Å². The van der Waals surface area contributed by atoms with Gasteiger partial charge in [0.15, 0.2) is 0 Å². The minimum absolute atomic E-state index is 0.184. The number of nitrogen functional groups attached to an aromatic ring is 1. The highest BCUT2D eigenvalue weighted by atomic mass is 16.1. The first-order valence-corrected chi connectivity index (χ1v) is 9.33. The predicted octanol–water partition coefficient (Wildman–Crippen LogP) is 4.80. The van der Waals surface area contributed by atoms with Gasteiger partial charge in [-0.3, -0.25) is 9.78 Å². The molecule has 7 heteroatoms. The number of benzene rings is 2. The molecule has 0 saturated carbocycles. The van der Waals surface area contributed by atoms with Gasteiger partial charge in [0, 0.05) is 58.7 Å². The van der Waals surface area contributed by atoms with Crippen molar-refractivity contribution in [3.63, 3.8) is 0 Å². The number of anilines is 6. The smallest absolute Gasteiger partial charge is 0.255 e. The van der Waals surface area contributed by atoms with Gasteiger partial charge >= 0.3 is 0 Å². The minimum atomic E-state index is -0.184. The van der Waals surface area contributed by atoms with E-state index in [2.05, 4.69) is 25.9 Å². The third kappa shape index (κ3) is 4.90. The molecular weight excluding hydrogens is 376 g/mol. The van der Waals surface area contributed by atoms with Crippen molar-refractivity contribution < 1.29 is 4.79 Å². The number of pyridine rings is 2. The molecule has 0 aliphatic heterocycles. The van der Waals surface area contributed by atoms with E-state index in [1.54, 1.807) is 36.8 Å². The topological polar surface area (TPSA) is 105 Å². The molecule has 30 heavy (non-hydrogen) atoms. The second-order valence-corrected chi connectivity index (χ2v) is 6.57. The van der Waals surface area contributed by atoms with Crippen LogP contribution < -0.4 is 21.7 Å². The standard InChI is InChI=1S/C23H20N6O/c24-22-15-21(10-13-26-22)28-19-2-1-3-20(14-19)29-23(30)16-4-6-17(7-5-16)27-18-8-11-25-12-9-18/h1-15H,(H,25,27)(H,29,30)(H3,24,26,28). The summed E-state index contributed by atoms with van der Waals surface area (Å²) in [5, 5.41) is 9.43. The molecule has 0 atom stereocenters. The summed E-state index contributed by atoms with van der Waals surface area (Å²) in [6.45, 7) is 0. The highest BCUT2D eigenvalue weighted by molar-refractivity contribution is 6.04. The number of hydrogen-bond acceptors (Lipinski definition) is 6. The summed E-state index contributed by atoms with van der Waals surface area (Å²) in [6, 6.07) is 22.1. The maximum Gasteiger partial charge on any atom is 0.255 e. The van der Waals surface area contributed by atoms with Crippen LogP contribution in [0.2, 0.25) is 0 Å².